The standard InChI is InChI=1S/C14H25N5/c1-5-12-13(15-2)16-10-17-14(12)19-8-6-11(7-9-19)18(3)4/h10-11H,5-9H2,1-4H3,(H,15,16,17). The molecular formula is C14H25N5. The fourth-order valence-corrected chi connectivity index (χ4v) is 2.81. The Kier molecular flexibility index (Phi) is 4.58. The van der Waals surface area contributed by atoms with Crippen molar-refractivity contribution < 1.29 is 0 Å². The summed E-state index contributed by atoms with van der Waals surface area (Å²) in [4.78, 5) is 13.6. The predicted molar refractivity (Wildman–Crippen MR) is 79.9 cm³/mol. The Morgan fingerprint density at radius 2 is 2.00 bits per heavy atom. The van der Waals surface area contributed by atoms with E-state index in [4.69, 9.17) is 0 Å². The van der Waals surface area contributed by atoms with Crippen LogP contribution in [-0.2, 0) is 6.42 Å². The second-order valence-electron chi connectivity index (χ2n) is 5.31. The van der Waals surface area contributed by atoms with E-state index in [0.717, 1.165) is 31.1 Å². The Morgan fingerprint density at radius 3 is 2.53 bits per heavy atom. The van der Waals surface area contributed by atoms with Gasteiger partial charge in [0.25, 0.3) is 0 Å². The van der Waals surface area contributed by atoms with Crippen molar-refractivity contribution >= 4 is 11.6 Å². The summed E-state index contributed by atoms with van der Waals surface area (Å²) >= 11 is 0. The predicted octanol–water partition coefficient (Wildman–Crippen LogP) is 1.61. The topological polar surface area (TPSA) is 44.3 Å². The van der Waals surface area contributed by atoms with Crippen molar-refractivity contribution in [2.24, 2.45) is 0 Å². The van der Waals surface area contributed by atoms with Crippen LogP contribution in [0.4, 0.5) is 11.6 Å². The molecule has 0 saturated carbocycles. The average molecular weight is 263 g/mol. The van der Waals surface area contributed by atoms with Gasteiger partial charge < -0.3 is 15.1 Å². The van der Waals surface area contributed by atoms with Gasteiger partial charge in [0.05, 0.1) is 0 Å². The van der Waals surface area contributed by atoms with Crippen molar-refractivity contribution in [1.82, 2.24) is 14.9 Å². The maximum Gasteiger partial charge on any atom is 0.137 e. The number of rotatable bonds is 4. The molecule has 19 heavy (non-hydrogen) atoms. The van der Waals surface area contributed by atoms with Crippen LogP contribution in [0.3, 0.4) is 0 Å². The summed E-state index contributed by atoms with van der Waals surface area (Å²) in [6, 6.07) is 0.701. The Bertz CT molecular complexity index is 410. The highest BCUT2D eigenvalue weighted by molar-refractivity contribution is 5.58. The van der Waals surface area contributed by atoms with Gasteiger partial charge in [0.15, 0.2) is 0 Å². The monoisotopic (exact) mass is 263 g/mol. The van der Waals surface area contributed by atoms with Crippen LogP contribution >= 0.6 is 0 Å². The second-order valence-corrected chi connectivity index (χ2v) is 5.31. The smallest absolute Gasteiger partial charge is 0.137 e. The van der Waals surface area contributed by atoms with Gasteiger partial charge in [-0.3, -0.25) is 0 Å². The number of nitrogens with one attached hydrogen (secondary N) is 1. The van der Waals surface area contributed by atoms with Crippen molar-refractivity contribution in [2.45, 2.75) is 32.2 Å². The molecule has 106 valence electrons. The minimum absolute atomic E-state index is 0.701. The molecule has 1 fully saturated rings. The van der Waals surface area contributed by atoms with Crippen LogP contribution in [-0.4, -0.2) is 55.1 Å². The SMILES string of the molecule is CCc1c(NC)ncnc1N1CCC(N(C)C)CC1. The van der Waals surface area contributed by atoms with Gasteiger partial charge in [0.1, 0.15) is 18.0 Å². The summed E-state index contributed by atoms with van der Waals surface area (Å²) in [5.74, 6) is 2.07. The van der Waals surface area contributed by atoms with Gasteiger partial charge in [-0.05, 0) is 33.4 Å². The fraction of sp³-hybridized carbons (Fsp3) is 0.714. The van der Waals surface area contributed by atoms with Crippen LogP contribution in [0.2, 0.25) is 0 Å². The van der Waals surface area contributed by atoms with Gasteiger partial charge in [0.2, 0.25) is 0 Å². The molecule has 1 aromatic rings. The molecule has 0 radical (unpaired) electrons. The first-order valence-electron chi connectivity index (χ1n) is 7.10. The lowest BCUT2D eigenvalue weighted by Crippen LogP contribution is -2.42. The maximum atomic E-state index is 4.51. The van der Waals surface area contributed by atoms with Crippen molar-refractivity contribution in [3.05, 3.63) is 11.9 Å². The molecule has 2 rings (SSSR count). The first-order chi connectivity index (χ1) is 9.17. The molecule has 0 unspecified atom stereocenters. The first-order valence-corrected chi connectivity index (χ1v) is 7.10. The van der Waals surface area contributed by atoms with E-state index >= 15 is 0 Å². The molecule has 1 aromatic heterocycles. The van der Waals surface area contributed by atoms with Gasteiger partial charge in [-0.1, -0.05) is 6.92 Å². The number of aromatic nitrogens is 2. The van der Waals surface area contributed by atoms with E-state index in [-0.39, 0.29) is 0 Å². The number of hydrogen-bond donors (Lipinski definition) is 1. The third-order valence-electron chi connectivity index (χ3n) is 4.01. The molecule has 1 saturated heterocycles. The lowest BCUT2D eigenvalue weighted by atomic mass is 10.0. The quantitative estimate of drug-likeness (QED) is 0.894. The number of hydrogen-bond acceptors (Lipinski definition) is 5. The molecule has 0 aromatic carbocycles. The third kappa shape index (κ3) is 2.97. The zero-order valence-corrected chi connectivity index (χ0v) is 12.5. The molecule has 0 spiro atoms. The minimum atomic E-state index is 0.701. The molecule has 0 amide bonds. The van der Waals surface area contributed by atoms with Gasteiger partial charge in [0, 0.05) is 31.7 Å². The average Bonchev–Trinajstić information content (AvgIpc) is 2.46. The Morgan fingerprint density at radius 1 is 1.32 bits per heavy atom. The van der Waals surface area contributed by atoms with Crippen molar-refractivity contribution in [3.8, 4) is 0 Å². The molecule has 1 aliphatic heterocycles. The fourth-order valence-electron chi connectivity index (χ4n) is 2.81. The summed E-state index contributed by atoms with van der Waals surface area (Å²) in [6.45, 7) is 4.32. The Balaban J connectivity index is 2.15. The van der Waals surface area contributed by atoms with E-state index in [9.17, 15) is 0 Å². The van der Waals surface area contributed by atoms with Gasteiger partial charge in [-0.2, -0.15) is 0 Å². The van der Waals surface area contributed by atoms with Crippen LogP contribution in [0, 0.1) is 0 Å². The number of piperidine rings is 1. The van der Waals surface area contributed by atoms with E-state index in [0.29, 0.717) is 6.04 Å². The van der Waals surface area contributed by atoms with Crippen LogP contribution in [0.5, 0.6) is 0 Å². The highest BCUT2D eigenvalue weighted by Crippen LogP contribution is 2.27. The van der Waals surface area contributed by atoms with Crippen molar-refractivity contribution in [2.75, 3.05) is 44.4 Å². The van der Waals surface area contributed by atoms with E-state index < -0.39 is 0 Å². The van der Waals surface area contributed by atoms with Gasteiger partial charge >= 0.3 is 0 Å². The van der Waals surface area contributed by atoms with E-state index in [2.05, 4.69) is 46.1 Å². The van der Waals surface area contributed by atoms with Crippen LogP contribution in [0.25, 0.3) is 0 Å². The lowest BCUT2D eigenvalue weighted by molar-refractivity contribution is 0.249. The Hall–Kier alpha value is -1.36. The number of nitrogens with zero attached hydrogens (tertiary/aromatic N) is 4. The van der Waals surface area contributed by atoms with E-state index in [1.807, 2.05) is 7.05 Å². The molecule has 1 aliphatic rings. The highest BCUT2D eigenvalue weighted by Gasteiger charge is 2.23. The largest absolute Gasteiger partial charge is 0.373 e. The minimum Gasteiger partial charge on any atom is -0.373 e. The third-order valence-corrected chi connectivity index (χ3v) is 4.01. The lowest BCUT2D eigenvalue weighted by Gasteiger charge is -2.36. The summed E-state index contributed by atoms with van der Waals surface area (Å²) in [5, 5.41) is 3.17. The summed E-state index contributed by atoms with van der Waals surface area (Å²) in [6.07, 6.45) is 5.03. The van der Waals surface area contributed by atoms with Crippen LogP contribution in [0.1, 0.15) is 25.3 Å². The molecular weight excluding hydrogens is 238 g/mol. The zero-order chi connectivity index (χ0) is 13.8. The van der Waals surface area contributed by atoms with E-state index in [1.165, 1.54) is 18.4 Å². The van der Waals surface area contributed by atoms with E-state index in [1.54, 1.807) is 6.33 Å². The maximum absolute atomic E-state index is 4.51. The second kappa shape index (κ2) is 6.19. The summed E-state index contributed by atoms with van der Waals surface area (Å²) < 4.78 is 0. The summed E-state index contributed by atoms with van der Waals surface area (Å²) in [5.41, 5.74) is 1.23. The molecule has 5 nitrogen and oxygen atoms in total. The van der Waals surface area contributed by atoms with Gasteiger partial charge in [-0.25, -0.2) is 9.97 Å². The van der Waals surface area contributed by atoms with Crippen molar-refractivity contribution in [3.63, 3.8) is 0 Å². The Labute approximate surface area is 116 Å². The normalized spacial score (nSPS) is 17.0. The molecule has 1 N–H and O–H groups in total. The zero-order valence-electron chi connectivity index (χ0n) is 12.5. The summed E-state index contributed by atoms with van der Waals surface area (Å²) in [7, 11) is 6.26. The van der Waals surface area contributed by atoms with Crippen LogP contribution < -0.4 is 10.2 Å². The van der Waals surface area contributed by atoms with Gasteiger partial charge in [-0.15, -0.1) is 0 Å². The number of anilines is 2. The molecule has 0 bridgehead atoms. The van der Waals surface area contributed by atoms with Crippen LogP contribution in [0.15, 0.2) is 6.33 Å². The highest BCUT2D eigenvalue weighted by atomic mass is 15.2. The molecule has 2 heterocycles. The van der Waals surface area contributed by atoms with Crippen molar-refractivity contribution in [1.29, 1.82) is 0 Å². The molecule has 0 aliphatic carbocycles. The first kappa shape index (κ1) is 14.1. The molecule has 0 atom stereocenters. The molecule has 5 heteroatoms.